The van der Waals surface area contributed by atoms with Crippen LogP contribution in [0.4, 0.5) is 10.9 Å². The van der Waals surface area contributed by atoms with Crippen molar-refractivity contribution in [2.24, 2.45) is 4.99 Å². The first-order chi connectivity index (χ1) is 13.8. The molecule has 7 nitrogen and oxygen atoms in total. The second-order valence-corrected chi connectivity index (χ2v) is 8.04. The van der Waals surface area contributed by atoms with Crippen molar-refractivity contribution < 1.29 is 0 Å². The van der Waals surface area contributed by atoms with Gasteiger partial charge in [0.05, 0.1) is 5.69 Å². The number of nitrogens with zero attached hydrogens (tertiary/aromatic N) is 6. The standard InChI is InChI=1S/C20H29N7S/c1-21-19(26-14-12-25(13-15-26)18-6-2-3-8-22-18)23-9-7-17-16-28-20(24-17)27-10-4-5-11-27/h2-3,6,8,16H,4-5,7,9-15H2,1H3,(H,21,23). The molecule has 0 unspecified atom stereocenters. The van der Waals surface area contributed by atoms with Gasteiger partial charge in [-0.15, -0.1) is 11.3 Å². The normalized spacial score (nSPS) is 18.0. The van der Waals surface area contributed by atoms with Crippen molar-refractivity contribution in [3.8, 4) is 0 Å². The number of thiazole rings is 1. The Hall–Kier alpha value is -2.35. The lowest BCUT2D eigenvalue weighted by molar-refractivity contribution is 0.372. The van der Waals surface area contributed by atoms with E-state index < -0.39 is 0 Å². The molecule has 2 aliphatic rings. The monoisotopic (exact) mass is 399 g/mol. The highest BCUT2D eigenvalue weighted by Gasteiger charge is 2.20. The van der Waals surface area contributed by atoms with Crippen LogP contribution in [-0.4, -0.2) is 73.7 Å². The maximum atomic E-state index is 4.81. The van der Waals surface area contributed by atoms with Crippen molar-refractivity contribution in [1.82, 2.24) is 20.2 Å². The van der Waals surface area contributed by atoms with Gasteiger partial charge in [-0.3, -0.25) is 4.99 Å². The van der Waals surface area contributed by atoms with Crippen LogP contribution in [-0.2, 0) is 6.42 Å². The molecule has 2 aliphatic heterocycles. The molecule has 4 rings (SSSR count). The molecule has 2 aromatic rings. The summed E-state index contributed by atoms with van der Waals surface area (Å²) in [6.07, 6.45) is 5.37. The van der Waals surface area contributed by atoms with Crippen molar-refractivity contribution in [1.29, 1.82) is 0 Å². The van der Waals surface area contributed by atoms with Crippen LogP contribution in [0.25, 0.3) is 0 Å². The van der Waals surface area contributed by atoms with E-state index in [-0.39, 0.29) is 0 Å². The minimum absolute atomic E-state index is 0.857. The van der Waals surface area contributed by atoms with Crippen LogP contribution in [0.1, 0.15) is 18.5 Å². The molecule has 0 spiro atoms. The largest absolute Gasteiger partial charge is 0.356 e. The zero-order chi connectivity index (χ0) is 19.2. The number of anilines is 2. The first kappa shape index (κ1) is 19.0. The number of aliphatic imine (C=N–C) groups is 1. The SMILES string of the molecule is CN=C(NCCc1csc(N2CCCC2)n1)N1CCN(c2ccccn2)CC1. The summed E-state index contributed by atoms with van der Waals surface area (Å²) in [4.78, 5) is 20.8. The van der Waals surface area contributed by atoms with Crippen LogP contribution < -0.4 is 15.1 Å². The van der Waals surface area contributed by atoms with Crippen LogP contribution >= 0.6 is 11.3 Å². The van der Waals surface area contributed by atoms with Gasteiger partial charge in [-0.1, -0.05) is 6.07 Å². The van der Waals surface area contributed by atoms with E-state index in [9.17, 15) is 0 Å². The molecule has 28 heavy (non-hydrogen) atoms. The van der Waals surface area contributed by atoms with Crippen molar-refractivity contribution in [3.63, 3.8) is 0 Å². The van der Waals surface area contributed by atoms with Gasteiger partial charge in [-0.05, 0) is 25.0 Å². The Morgan fingerprint density at radius 1 is 1.11 bits per heavy atom. The lowest BCUT2D eigenvalue weighted by atomic mass is 10.3. The molecule has 0 amide bonds. The minimum Gasteiger partial charge on any atom is -0.356 e. The zero-order valence-electron chi connectivity index (χ0n) is 16.5. The summed E-state index contributed by atoms with van der Waals surface area (Å²) >= 11 is 1.77. The molecule has 2 fully saturated rings. The zero-order valence-corrected chi connectivity index (χ0v) is 17.4. The molecule has 0 bridgehead atoms. The summed E-state index contributed by atoms with van der Waals surface area (Å²) in [6.45, 7) is 6.99. The Labute approximate surface area is 171 Å². The second kappa shape index (κ2) is 9.23. The molecule has 0 atom stereocenters. The van der Waals surface area contributed by atoms with E-state index in [0.29, 0.717) is 0 Å². The van der Waals surface area contributed by atoms with E-state index in [4.69, 9.17) is 4.98 Å². The first-order valence-electron chi connectivity index (χ1n) is 10.1. The number of hydrogen-bond acceptors (Lipinski definition) is 6. The molecule has 0 aromatic carbocycles. The highest BCUT2D eigenvalue weighted by molar-refractivity contribution is 7.13. The molecule has 2 saturated heterocycles. The van der Waals surface area contributed by atoms with Crippen LogP contribution in [0.15, 0.2) is 34.8 Å². The number of nitrogens with one attached hydrogen (secondary N) is 1. The van der Waals surface area contributed by atoms with E-state index in [1.54, 1.807) is 11.3 Å². The van der Waals surface area contributed by atoms with Gasteiger partial charge in [-0.2, -0.15) is 0 Å². The molecular formula is C20H29N7S. The van der Waals surface area contributed by atoms with E-state index in [0.717, 1.165) is 64.0 Å². The number of guanidine groups is 1. The maximum absolute atomic E-state index is 4.81. The Morgan fingerprint density at radius 3 is 2.64 bits per heavy atom. The molecule has 4 heterocycles. The highest BCUT2D eigenvalue weighted by atomic mass is 32.1. The average molecular weight is 400 g/mol. The Morgan fingerprint density at radius 2 is 1.93 bits per heavy atom. The fourth-order valence-electron chi connectivity index (χ4n) is 3.79. The minimum atomic E-state index is 0.857. The molecule has 8 heteroatoms. The Balaban J connectivity index is 1.23. The van der Waals surface area contributed by atoms with Gasteiger partial charge in [0.25, 0.3) is 0 Å². The van der Waals surface area contributed by atoms with Gasteiger partial charge in [0.2, 0.25) is 0 Å². The maximum Gasteiger partial charge on any atom is 0.193 e. The summed E-state index contributed by atoms with van der Waals surface area (Å²) in [7, 11) is 1.86. The van der Waals surface area contributed by atoms with E-state index in [1.165, 1.54) is 23.7 Å². The third-order valence-corrected chi connectivity index (χ3v) is 6.29. The Bertz CT molecular complexity index is 762. The van der Waals surface area contributed by atoms with Gasteiger partial charge in [0.15, 0.2) is 11.1 Å². The summed E-state index contributed by atoms with van der Waals surface area (Å²) in [6, 6.07) is 6.08. The van der Waals surface area contributed by atoms with Crippen molar-refractivity contribution >= 4 is 28.2 Å². The van der Waals surface area contributed by atoms with Crippen LogP contribution in [0.2, 0.25) is 0 Å². The van der Waals surface area contributed by atoms with Gasteiger partial charge < -0.3 is 20.0 Å². The number of hydrogen-bond donors (Lipinski definition) is 1. The first-order valence-corrected chi connectivity index (χ1v) is 11.0. The van der Waals surface area contributed by atoms with Crippen molar-refractivity contribution in [2.45, 2.75) is 19.3 Å². The third kappa shape index (κ3) is 4.55. The number of pyridine rings is 1. The van der Waals surface area contributed by atoms with Crippen LogP contribution in [0.5, 0.6) is 0 Å². The molecule has 0 aliphatic carbocycles. The Kier molecular flexibility index (Phi) is 6.26. The molecular weight excluding hydrogens is 370 g/mol. The quantitative estimate of drug-likeness (QED) is 0.614. The average Bonchev–Trinajstić information content (AvgIpc) is 3.44. The summed E-state index contributed by atoms with van der Waals surface area (Å²) in [5.41, 5.74) is 1.18. The number of rotatable bonds is 5. The van der Waals surface area contributed by atoms with Gasteiger partial charge in [0.1, 0.15) is 5.82 Å². The summed E-state index contributed by atoms with van der Waals surface area (Å²) in [5, 5.41) is 6.89. The lowest BCUT2D eigenvalue weighted by Gasteiger charge is -2.37. The molecule has 2 aromatic heterocycles. The number of piperazine rings is 1. The van der Waals surface area contributed by atoms with E-state index in [2.05, 4.69) is 41.4 Å². The third-order valence-electron chi connectivity index (χ3n) is 5.34. The smallest absolute Gasteiger partial charge is 0.193 e. The highest BCUT2D eigenvalue weighted by Crippen LogP contribution is 2.24. The molecule has 150 valence electrons. The van der Waals surface area contributed by atoms with Crippen molar-refractivity contribution in [3.05, 3.63) is 35.5 Å². The second-order valence-electron chi connectivity index (χ2n) is 7.20. The van der Waals surface area contributed by atoms with Gasteiger partial charge in [-0.25, -0.2) is 9.97 Å². The fraction of sp³-hybridized carbons (Fsp3) is 0.550. The van der Waals surface area contributed by atoms with Crippen LogP contribution in [0.3, 0.4) is 0 Å². The molecule has 0 saturated carbocycles. The fourth-order valence-corrected chi connectivity index (χ4v) is 4.70. The topological polar surface area (TPSA) is 59.9 Å². The van der Waals surface area contributed by atoms with Crippen molar-refractivity contribution in [2.75, 3.05) is 62.7 Å². The predicted octanol–water partition coefficient (Wildman–Crippen LogP) is 2.08. The predicted molar refractivity (Wildman–Crippen MR) is 117 cm³/mol. The van der Waals surface area contributed by atoms with Gasteiger partial charge in [0, 0.05) is 70.9 Å². The summed E-state index contributed by atoms with van der Waals surface area (Å²) in [5.74, 6) is 2.04. The summed E-state index contributed by atoms with van der Waals surface area (Å²) < 4.78 is 0. The lowest BCUT2D eigenvalue weighted by Crippen LogP contribution is -2.53. The molecule has 1 N–H and O–H groups in total. The van der Waals surface area contributed by atoms with Gasteiger partial charge >= 0.3 is 0 Å². The van der Waals surface area contributed by atoms with Crippen LogP contribution in [0, 0.1) is 0 Å². The van der Waals surface area contributed by atoms with E-state index in [1.807, 2.05) is 25.4 Å². The number of aromatic nitrogens is 2. The van der Waals surface area contributed by atoms with E-state index >= 15 is 0 Å². The molecule has 0 radical (unpaired) electrons.